The molecule has 94 valence electrons. The molecule has 0 aromatic heterocycles. The summed E-state index contributed by atoms with van der Waals surface area (Å²) in [5.74, 6) is -0.449. The zero-order valence-electron chi connectivity index (χ0n) is 10.5. The molecule has 0 radical (unpaired) electrons. The Bertz CT molecular complexity index is 404. The van der Waals surface area contributed by atoms with Crippen molar-refractivity contribution in [2.24, 2.45) is 11.7 Å². The topological polar surface area (TPSA) is 55.1 Å². The number of nitrogens with one attached hydrogen (secondary N) is 1. The van der Waals surface area contributed by atoms with Gasteiger partial charge in [0.25, 0.3) is 0 Å². The number of nitrogens with two attached hydrogens (primary N) is 1. The number of benzene rings is 1. The lowest BCUT2D eigenvalue weighted by Gasteiger charge is -2.14. The summed E-state index contributed by atoms with van der Waals surface area (Å²) in [5.41, 5.74) is 6.70. The molecule has 1 aromatic rings. The van der Waals surface area contributed by atoms with Crippen LogP contribution in [0.25, 0.3) is 0 Å². The van der Waals surface area contributed by atoms with Crippen molar-refractivity contribution < 1.29 is 9.18 Å². The van der Waals surface area contributed by atoms with Gasteiger partial charge in [0.05, 0.1) is 11.7 Å². The molecule has 1 amide bonds. The molecule has 0 saturated carbocycles. The van der Waals surface area contributed by atoms with Gasteiger partial charge in [0, 0.05) is 0 Å². The monoisotopic (exact) mass is 238 g/mol. The van der Waals surface area contributed by atoms with Crippen LogP contribution >= 0.6 is 0 Å². The van der Waals surface area contributed by atoms with Crippen LogP contribution in [-0.4, -0.2) is 11.9 Å². The zero-order valence-corrected chi connectivity index (χ0v) is 10.5. The molecule has 1 rings (SSSR count). The highest BCUT2D eigenvalue weighted by Crippen LogP contribution is 2.16. The predicted molar refractivity (Wildman–Crippen MR) is 67.2 cm³/mol. The van der Waals surface area contributed by atoms with Crippen LogP contribution in [0.5, 0.6) is 0 Å². The van der Waals surface area contributed by atoms with Gasteiger partial charge in [0.1, 0.15) is 5.82 Å². The number of amides is 1. The second-order valence-corrected chi connectivity index (χ2v) is 4.71. The highest BCUT2D eigenvalue weighted by Gasteiger charge is 2.16. The zero-order chi connectivity index (χ0) is 13.0. The van der Waals surface area contributed by atoms with Crippen LogP contribution < -0.4 is 11.1 Å². The molecule has 0 fully saturated rings. The summed E-state index contributed by atoms with van der Waals surface area (Å²) in [5, 5.41) is 2.50. The van der Waals surface area contributed by atoms with Crippen LogP contribution in [0.15, 0.2) is 18.2 Å². The van der Waals surface area contributed by atoms with E-state index in [1.54, 1.807) is 19.1 Å². The molecule has 3 N–H and O–H groups in total. The Kier molecular flexibility index (Phi) is 4.63. The summed E-state index contributed by atoms with van der Waals surface area (Å²) < 4.78 is 13.5. The van der Waals surface area contributed by atoms with Crippen molar-refractivity contribution in [3.63, 3.8) is 0 Å². The summed E-state index contributed by atoms with van der Waals surface area (Å²) >= 11 is 0. The van der Waals surface area contributed by atoms with Gasteiger partial charge in [-0.3, -0.25) is 4.79 Å². The number of anilines is 1. The van der Waals surface area contributed by atoms with Crippen LogP contribution in [0.1, 0.15) is 25.8 Å². The number of carbonyl (C=O) groups is 1. The largest absolute Gasteiger partial charge is 0.322 e. The van der Waals surface area contributed by atoms with Crippen molar-refractivity contribution in [1.29, 1.82) is 0 Å². The summed E-state index contributed by atoms with van der Waals surface area (Å²) in [6, 6.07) is 4.07. The summed E-state index contributed by atoms with van der Waals surface area (Å²) in [7, 11) is 0. The first kappa shape index (κ1) is 13.6. The van der Waals surface area contributed by atoms with Crippen molar-refractivity contribution in [2.75, 3.05) is 5.32 Å². The van der Waals surface area contributed by atoms with Crippen molar-refractivity contribution in [3.8, 4) is 0 Å². The Morgan fingerprint density at radius 3 is 2.65 bits per heavy atom. The Morgan fingerprint density at radius 1 is 1.47 bits per heavy atom. The standard InChI is InChI=1S/C13H19FN2O/c1-8(2)6-11(15)13(17)16-12-5-4-9(3)7-10(12)14/h4-5,7-8,11H,6,15H2,1-3H3,(H,16,17). The van der Waals surface area contributed by atoms with E-state index in [1.165, 1.54) is 6.07 Å². The van der Waals surface area contributed by atoms with Gasteiger partial charge in [0.15, 0.2) is 0 Å². The van der Waals surface area contributed by atoms with Gasteiger partial charge in [-0.05, 0) is 37.0 Å². The maximum Gasteiger partial charge on any atom is 0.241 e. The van der Waals surface area contributed by atoms with Crippen LogP contribution in [0.3, 0.4) is 0 Å². The van der Waals surface area contributed by atoms with Gasteiger partial charge in [0.2, 0.25) is 5.91 Å². The second kappa shape index (κ2) is 5.77. The molecule has 0 heterocycles. The number of carbonyl (C=O) groups excluding carboxylic acids is 1. The van der Waals surface area contributed by atoms with E-state index in [4.69, 9.17) is 5.73 Å². The highest BCUT2D eigenvalue weighted by molar-refractivity contribution is 5.94. The number of halogens is 1. The van der Waals surface area contributed by atoms with E-state index in [2.05, 4.69) is 5.32 Å². The van der Waals surface area contributed by atoms with Crippen LogP contribution in [0, 0.1) is 18.7 Å². The van der Waals surface area contributed by atoms with E-state index in [0.29, 0.717) is 12.3 Å². The van der Waals surface area contributed by atoms with Crippen LogP contribution in [0.2, 0.25) is 0 Å². The quantitative estimate of drug-likeness (QED) is 0.846. The number of hydrogen-bond acceptors (Lipinski definition) is 2. The third kappa shape index (κ3) is 4.15. The third-order valence-electron chi connectivity index (χ3n) is 2.44. The highest BCUT2D eigenvalue weighted by atomic mass is 19.1. The lowest BCUT2D eigenvalue weighted by Crippen LogP contribution is -2.36. The van der Waals surface area contributed by atoms with Crippen molar-refractivity contribution in [3.05, 3.63) is 29.6 Å². The molecule has 0 bridgehead atoms. The molecule has 0 aliphatic heterocycles. The minimum absolute atomic E-state index is 0.180. The summed E-state index contributed by atoms with van der Waals surface area (Å²) in [4.78, 5) is 11.7. The molecular formula is C13H19FN2O. The smallest absolute Gasteiger partial charge is 0.241 e. The fourth-order valence-electron chi connectivity index (χ4n) is 1.56. The molecule has 4 heteroatoms. The van der Waals surface area contributed by atoms with Crippen LogP contribution in [0.4, 0.5) is 10.1 Å². The molecule has 0 aliphatic carbocycles. The minimum Gasteiger partial charge on any atom is -0.322 e. The lowest BCUT2D eigenvalue weighted by molar-refractivity contribution is -0.117. The average molecular weight is 238 g/mol. The number of hydrogen-bond donors (Lipinski definition) is 2. The van der Waals surface area contributed by atoms with Gasteiger partial charge in [-0.15, -0.1) is 0 Å². The minimum atomic E-state index is -0.601. The molecule has 1 atom stereocenters. The fourth-order valence-corrected chi connectivity index (χ4v) is 1.56. The molecule has 17 heavy (non-hydrogen) atoms. The van der Waals surface area contributed by atoms with Gasteiger partial charge < -0.3 is 11.1 Å². The number of aryl methyl sites for hydroxylation is 1. The van der Waals surface area contributed by atoms with E-state index in [-0.39, 0.29) is 11.6 Å². The van der Waals surface area contributed by atoms with Crippen molar-refractivity contribution in [1.82, 2.24) is 0 Å². The molecule has 3 nitrogen and oxygen atoms in total. The second-order valence-electron chi connectivity index (χ2n) is 4.71. The maximum atomic E-state index is 13.5. The fraction of sp³-hybridized carbons (Fsp3) is 0.462. The van der Waals surface area contributed by atoms with Crippen LogP contribution in [-0.2, 0) is 4.79 Å². The van der Waals surface area contributed by atoms with E-state index >= 15 is 0 Å². The first-order valence-corrected chi connectivity index (χ1v) is 5.72. The average Bonchev–Trinajstić information content (AvgIpc) is 2.21. The van der Waals surface area contributed by atoms with Gasteiger partial charge in [-0.2, -0.15) is 0 Å². The van der Waals surface area contributed by atoms with E-state index in [9.17, 15) is 9.18 Å². The maximum absolute atomic E-state index is 13.5. The Labute approximate surface area is 101 Å². The van der Waals surface area contributed by atoms with E-state index in [0.717, 1.165) is 5.56 Å². The molecular weight excluding hydrogens is 219 g/mol. The lowest BCUT2D eigenvalue weighted by atomic mass is 10.0. The Morgan fingerprint density at radius 2 is 2.12 bits per heavy atom. The first-order valence-electron chi connectivity index (χ1n) is 5.72. The molecule has 0 aliphatic rings. The molecule has 1 unspecified atom stereocenters. The first-order chi connectivity index (χ1) is 7.90. The Balaban J connectivity index is 2.67. The van der Waals surface area contributed by atoms with E-state index < -0.39 is 11.9 Å². The SMILES string of the molecule is Cc1ccc(NC(=O)C(N)CC(C)C)c(F)c1. The molecule has 1 aromatic carbocycles. The van der Waals surface area contributed by atoms with Crippen molar-refractivity contribution in [2.45, 2.75) is 33.2 Å². The molecule has 0 saturated heterocycles. The number of rotatable bonds is 4. The Hall–Kier alpha value is -1.42. The van der Waals surface area contributed by atoms with Gasteiger partial charge >= 0.3 is 0 Å². The normalized spacial score (nSPS) is 12.6. The summed E-state index contributed by atoms with van der Waals surface area (Å²) in [6.07, 6.45) is 0.583. The van der Waals surface area contributed by atoms with Gasteiger partial charge in [-0.25, -0.2) is 4.39 Å². The van der Waals surface area contributed by atoms with Crippen molar-refractivity contribution >= 4 is 11.6 Å². The predicted octanol–water partition coefficient (Wildman–Crippen LogP) is 2.45. The van der Waals surface area contributed by atoms with Gasteiger partial charge in [-0.1, -0.05) is 19.9 Å². The third-order valence-corrected chi connectivity index (χ3v) is 2.44. The summed E-state index contributed by atoms with van der Waals surface area (Å²) in [6.45, 7) is 5.76. The van der Waals surface area contributed by atoms with E-state index in [1.807, 2.05) is 13.8 Å². The molecule has 0 spiro atoms.